The smallest absolute Gasteiger partial charge is 0.309 e. The highest BCUT2D eigenvalue weighted by molar-refractivity contribution is 5.66. The molecule has 0 saturated carbocycles. The Morgan fingerprint density at radius 1 is 1.00 bits per heavy atom. The second-order valence-electron chi connectivity index (χ2n) is 5.86. The van der Waals surface area contributed by atoms with Gasteiger partial charge in [0.2, 0.25) is 0 Å². The molecule has 23 heavy (non-hydrogen) atoms. The molecular formula is C17H34NO5+. The minimum absolute atomic E-state index is 0.0232. The Labute approximate surface area is 140 Å². The number of nitrogens with zero attached hydrogens (tertiary/aromatic N) is 1. The number of aliphatic carboxylic acids is 1. The van der Waals surface area contributed by atoms with E-state index in [1.54, 1.807) is 0 Å². The monoisotopic (exact) mass is 332 g/mol. The highest BCUT2D eigenvalue weighted by Crippen LogP contribution is 2.09. The van der Waals surface area contributed by atoms with Crippen LogP contribution in [0.25, 0.3) is 0 Å². The van der Waals surface area contributed by atoms with Crippen LogP contribution in [0.1, 0.15) is 39.0 Å². The van der Waals surface area contributed by atoms with Crippen molar-refractivity contribution >= 4 is 5.97 Å². The van der Waals surface area contributed by atoms with Crippen molar-refractivity contribution in [1.82, 2.24) is 0 Å². The molecular weight excluding hydrogens is 298 g/mol. The van der Waals surface area contributed by atoms with E-state index in [9.17, 15) is 15.0 Å². The van der Waals surface area contributed by atoms with E-state index in [0.717, 1.165) is 19.3 Å². The van der Waals surface area contributed by atoms with Gasteiger partial charge in [-0.1, -0.05) is 18.6 Å². The maximum atomic E-state index is 10.8. The lowest BCUT2D eigenvalue weighted by atomic mass is 10.2. The van der Waals surface area contributed by atoms with Gasteiger partial charge in [0.15, 0.2) is 0 Å². The van der Waals surface area contributed by atoms with Crippen molar-refractivity contribution in [1.29, 1.82) is 0 Å². The van der Waals surface area contributed by atoms with Gasteiger partial charge in [-0.25, -0.2) is 0 Å². The minimum atomic E-state index is -0.856. The van der Waals surface area contributed by atoms with Crippen LogP contribution in [0.5, 0.6) is 0 Å². The van der Waals surface area contributed by atoms with Crippen LogP contribution in [0, 0.1) is 0 Å². The predicted molar refractivity (Wildman–Crippen MR) is 90.3 cm³/mol. The summed E-state index contributed by atoms with van der Waals surface area (Å²) in [4.78, 5) is 10.8. The summed E-state index contributed by atoms with van der Waals surface area (Å²) in [5, 5.41) is 27.4. The largest absolute Gasteiger partial charge is 0.481 e. The van der Waals surface area contributed by atoms with E-state index in [1.165, 1.54) is 6.42 Å². The molecule has 6 nitrogen and oxygen atoms in total. The van der Waals surface area contributed by atoms with Crippen LogP contribution in [0.4, 0.5) is 0 Å². The van der Waals surface area contributed by atoms with Crippen molar-refractivity contribution in [3.63, 3.8) is 0 Å². The van der Waals surface area contributed by atoms with Gasteiger partial charge in [-0.15, -0.1) is 0 Å². The quantitative estimate of drug-likeness (QED) is 0.226. The molecule has 0 aromatic heterocycles. The molecule has 0 saturated heterocycles. The van der Waals surface area contributed by atoms with Gasteiger partial charge >= 0.3 is 5.97 Å². The summed E-state index contributed by atoms with van der Waals surface area (Å²) in [6.07, 6.45) is 8.70. The van der Waals surface area contributed by atoms with Gasteiger partial charge in [0.1, 0.15) is 19.6 Å². The number of allylic oxidation sites excluding steroid dienone is 2. The Balaban J connectivity index is 4.04. The maximum absolute atomic E-state index is 10.8. The molecule has 0 spiro atoms. The van der Waals surface area contributed by atoms with E-state index in [4.69, 9.17) is 9.84 Å². The Morgan fingerprint density at radius 3 is 2.26 bits per heavy atom. The van der Waals surface area contributed by atoms with Crippen LogP contribution in [0.2, 0.25) is 0 Å². The molecule has 3 N–H and O–H groups in total. The summed E-state index contributed by atoms with van der Waals surface area (Å²) < 4.78 is 6.04. The van der Waals surface area contributed by atoms with Gasteiger partial charge in [0.25, 0.3) is 0 Å². The minimum Gasteiger partial charge on any atom is -0.481 e. The Hall–Kier alpha value is -0.950. The third kappa shape index (κ3) is 12.2. The van der Waals surface area contributed by atoms with Gasteiger partial charge in [-0.2, -0.15) is 0 Å². The second-order valence-corrected chi connectivity index (χ2v) is 5.86. The molecule has 0 rings (SSSR count). The van der Waals surface area contributed by atoms with E-state index >= 15 is 0 Å². The fourth-order valence-electron chi connectivity index (χ4n) is 2.60. The van der Waals surface area contributed by atoms with E-state index < -0.39 is 5.97 Å². The van der Waals surface area contributed by atoms with Crippen LogP contribution in [-0.4, -0.2) is 78.4 Å². The summed E-state index contributed by atoms with van der Waals surface area (Å²) in [6.45, 7) is 5.12. The van der Waals surface area contributed by atoms with Crippen molar-refractivity contribution in [3.05, 3.63) is 12.2 Å². The molecule has 0 aromatic carbocycles. The highest BCUT2D eigenvalue weighted by atomic mass is 16.5. The third-order valence-corrected chi connectivity index (χ3v) is 4.05. The molecule has 136 valence electrons. The lowest BCUT2D eigenvalue weighted by Gasteiger charge is -2.37. The number of carbonyl (C=O) groups is 1. The van der Waals surface area contributed by atoms with Gasteiger partial charge in [0.05, 0.1) is 32.8 Å². The summed E-state index contributed by atoms with van der Waals surface area (Å²) in [5.41, 5.74) is 0. The average Bonchev–Trinajstić information content (AvgIpc) is 2.52. The number of ether oxygens (including phenoxy) is 1. The highest BCUT2D eigenvalue weighted by Gasteiger charge is 2.27. The summed E-state index contributed by atoms with van der Waals surface area (Å²) >= 11 is 0. The standard InChI is InChI=1S/C17H33NO5/c1-2-3-4-5-6-7-15-23-16-12-18(10-13-19,11-14-20)9-8-17(21)22/h2-3,19-20H,4-16H2,1H3/p+1/b3-2+. The summed E-state index contributed by atoms with van der Waals surface area (Å²) in [6, 6.07) is 0. The molecule has 6 heteroatoms. The van der Waals surface area contributed by atoms with E-state index in [1.807, 2.05) is 6.92 Å². The molecule has 0 aromatic rings. The molecule has 0 aliphatic heterocycles. The summed E-state index contributed by atoms with van der Waals surface area (Å²) in [7, 11) is 0. The van der Waals surface area contributed by atoms with Crippen molar-refractivity contribution in [2.24, 2.45) is 0 Å². The second kappa shape index (κ2) is 14.6. The number of quaternary nitrogens is 1. The number of hydrogen-bond acceptors (Lipinski definition) is 4. The molecule has 0 unspecified atom stereocenters. The van der Waals surface area contributed by atoms with Crippen LogP contribution in [-0.2, 0) is 9.53 Å². The number of aliphatic hydroxyl groups excluding tert-OH is 2. The fraction of sp³-hybridized carbons (Fsp3) is 0.824. The first-order valence-electron chi connectivity index (χ1n) is 8.57. The van der Waals surface area contributed by atoms with Crippen LogP contribution in [0.15, 0.2) is 12.2 Å². The molecule has 0 heterocycles. The molecule has 0 atom stereocenters. The van der Waals surface area contributed by atoms with Crippen molar-refractivity contribution in [2.45, 2.75) is 39.0 Å². The predicted octanol–water partition coefficient (Wildman–Crippen LogP) is 1.42. The maximum Gasteiger partial charge on any atom is 0.309 e. The SMILES string of the molecule is C/C=C/CCCCCOCC[N+](CCO)(CCO)CCC(=O)O. The van der Waals surface area contributed by atoms with Crippen molar-refractivity contribution in [3.8, 4) is 0 Å². The lowest BCUT2D eigenvalue weighted by molar-refractivity contribution is -0.928. The summed E-state index contributed by atoms with van der Waals surface area (Å²) in [5.74, 6) is -0.856. The van der Waals surface area contributed by atoms with E-state index in [2.05, 4.69) is 12.2 Å². The van der Waals surface area contributed by atoms with Gasteiger partial charge in [-0.3, -0.25) is 4.79 Å². The van der Waals surface area contributed by atoms with Crippen molar-refractivity contribution in [2.75, 3.05) is 52.6 Å². The van der Waals surface area contributed by atoms with E-state index in [-0.39, 0.29) is 19.6 Å². The zero-order valence-electron chi connectivity index (χ0n) is 14.5. The molecule has 0 fully saturated rings. The molecule has 0 amide bonds. The Morgan fingerprint density at radius 2 is 1.70 bits per heavy atom. The number of carboxylic acids is 1. The molecule has 0 bridgehead atoms. The molecule has 0 aliphatic carbocycles. The van der Waals surface area contributed by atoms with Crippen LogP contribution in [0.3, 0.4) is 0 Å². The number of rotatable bonds is 16. The van der Waals surface area contributed by atoms with Crippen LogP contribution >= 0.6 is 0 Å². The first-order chi connectivity index (χ1) is 11.1. The van der Waals surface area contributed by atoms with Crippen molar-refractivity contribution < 1.29 is 29.3 Å². The molecule has 0 radical (unpaired) electrons. The number of hydrogen-bond donors (Lipinski definition) is 3. The normalized spacial score (nSPS) is 12.1. The average molecular weight is 332 g/mol. The zero-order valence-corrected chi connectivity index (χ0v) is 14.5. The third-order valence-electron chi connectivity index (χ3n) is 4.05. The van der Waals surface area contributed by atoms with E-state index in [0.29, 0.717) is 43.9 Å². The Bertz CT molecular complexity index is 314. The topological polar surface area (TPSA) is 87.0 Å². The van der Waals surface area contributed by atoms with Crippen LogP contribution < -0.4 is 0 Å². The first kappa shape index (κ1) is 22.1. The number of carboxylic acid groups (broad SMARTS) is 1. The molecule has 0 aliphatic rings. The van der Waals surface area contributed by atoms with Gasteiger partial charge in [0, 0.05) is 6.61 Å². The Kier molecular flexibility index (Phi) is 14.0. The van der Waals surface area contributed by atoms with Gasteiger partial charge < -0.3 is 24.5 Å². The van der Waals surface area contributed by atoms with Gasteiger partial charge in [-0.05, 0) is 26.2 Å². The first-order valence-corrected chi connectivity index (χ1v) is 8.57. The zero-order chi connectivity index (χ0) is 17.4. The fourth-order valence-corrected chi connectivity index (χ4v) is 2.60. The lowest BCUT2D eigenvalue weighted by Crippen LogP contribution is -2.54. The number of unbranched alkanes of at least 4 members (excludes halogenated alkanes) is 3. The number of aliphatic hydroxyl groups is 2.